The van der Waals surface area contributed by atoms with E-state index in [1.54, 1.807) is 0 Å². The lowest BCUT2D eigenvalue weighted by molar-refractivity contribution is -0.118. The summed E-state index contributed by atoms with van der Waals surface area (Å²) < 4.78 is 18.6. The molecule has 0 unspecified atom stereocenters. The van der Waals surface area contributed by atoms with Crippen molar-refractivity contribution in [3.63, 3.8) is 0 Å². The molecule has 0 aliphatic heterocycles. The summed E-state index contributed by atoms with van der Waals surface area (Å²) in [5.74, 6) is -0.813. The fourth-order valence-corrected chi connectivity index (χ4v) is 2.59. The van der Waals surface area contributed by atoms with Gasteiger partial charge in [0.25, 0.3) is 0 Å². The monoisotopic (exact) mass is 367 g/mol. The van der Waals surface area contributed by atoms with Crippen LogP contribution in [0.4, 0.5) is 10.1 Å². The number of benzene rings is 2. The van der Waals surface area contributed by atoms with Crippen LogP contribution < -0.4 is 10.6 Å². The second-order valence-corrected chi connectivity index (χ2v) is 5.92. The number of rotatable bonds is 7. The normalized spacial score (nSPS) is 10.6. The smallest absolute Gasteiger partial charge is 0.233 e. The third-order valence-electron chi connectivity index (χ3n) is 3.93. The molecule has 0 radical (unpaired) electrons. The van der Waals surface area contributed by atoms with Gasteiger partial charge in [-0.1, -0.05) is 18.2 Å². The zero-order valence-corrected chi connectivity index (χ0v) is 14.5. The lowest BCUT2D eigenvalue weighted by Crippen LogP contribution is -2.35. The third-order valence-corrected chi connectivity index (χ3v) is 3.93. The van der Waals surface area contributed by atoms with E-state index in [1.807, 2.05) is 30.3 Å². The number of carbonyl (C=O) groups excluding carboxylic acids is 2. The predicted octanol–water partition coefficient (Wildman–Crippen LogP) is 2.93. The molecule has 0 bridgehead atoms. The van der Waals surface area contributed by atoms with E-state index in [1.165, 1.54) is 35.4 Å². The van der Waals surface area contributed by atoms with Crippen molar-refractivity contribution >= 4 is 17.5 Å². The Labute approximate surface area is 155 Å². The van der Waals surface area contributed by atoms with Crippen LogP contribution in [-0.4, -0.2) is 23.3 Å². The Hall–Kier alpha value is -3.48. The molecule has 0 saturated heterocycles. The summed E-state index contributed by atoms with van der Waals surface area (Å²) in [6.07, 6.45) is 1.40. The van der Waals surface area contributed by atoms with Crippen LogP contribution in [0.25, 0.3) is 11.5 Å². The van der Waals surface area contributed by atoms with E-state index in [9.17, 15) is 14.0 Å². The molecule has 0 saturated carbocycles. The fraction of sp³-hybridized carbons (Fsp3) is 0.150. The summed E-state index contributed by atoms with van der Waals surface area (Å²) in [4.78, 5) is 29.6. The molecule has 7 heteroatoms. The van der Waals surface area contributed by atoms with Crippen molar-refractivity contribution < 1.29 is 18.4 Å². The molecule has 0 fully saturated rings. The summed E-state index contributed by atoms with van der Waals surface area (Å²) >= 11 is 0. The van der Waals surface area contributed by atoms with Gasteiger partial charge in [0, 0.05) is 24.2 Å². The number of nitrogens with two attached hydrogens (primary N) is 1. The average molecular weight is 367 g/mol. The van der Waals surface area contributed by atoms with Gasteiger partial charge in [0.1, 0.15) is 12.1 Å². The molecule has 3 aromatic rings. The van der Waals surface area contributed by atoms with Crippen molar-refractivity contribution in [1.82, 2.24) is 4.98 Å². The highest BCUT2D eigenvalue weighted by atomic mass is 19.1. The Morgan fingerprint density at radius 3 is 2.44 bits per heavy atom. The maximum Gasteiger partial charge on any atom is 0.233 e. The highest BCUT2D eigenvalue weighted by molar-refractivity contribution is 5.95. The van der Waals surface area contributed by atoms with Crippen LogP contribution in [0.1, 0.15) is 12.1 Å². The first kappa shape index (κ1) is 18.3. The Bertz CT molecular complexity index is 923. The van der Waals surface area contributed by atoms with Gasteiger partial charge >= 0.3 is 0 Å². The predicted molar refractivity (Wildman–Crippen MR) is 98.2 cm³/mol. The number of hydrogen-bond acceptors (Lipinski definition) is 4. The summed E-state index contributed by atoms with van der Waals surface area (Å²) in [7, 11) is 0. The minimum Gasteiger partial charge on any atom is -0.444 e. The van der Waals surface area contributed by atoms with Crippen LogP contribution in [0, 0.1) is 5.82 Å². The maximum absolute atomic E-state index is 13.2. The van der Waals surface area contributed by atoms with Gasteiger partial charge in [-0.25, -0.2) is 9.37 Å². The molecule has 0 aliphatic rings. The minimum absolute atomic E-state index is 0.00278. The largest absolute Gasteiger partial charge is 0.444 e. The number of anilines is 1. The van der Waals surface area contributed by atoms with Gasteiger partial charge in [0.15, 0.2) is 0 Å². The Morgan fingerprint density at radius 1 is 1.07 bits per heavy atom. The van der Waals surface area contributed by atoms with E-state index in [0.717, 1.165) is 5.56 Å². The van der Waals surface area contributed by atoms with Crippen molar-refractivity contribution in [2.75, 3.05) is 11.4 Å². The van der Waals surface area contributed by atoms with Crippen LogP contribution in [-0.2, 0) is 16.0 Å². The zero-order chi connectivity index (χ0) is 19.2. The van der Waals surface area contributed by atoms with Crippen molar-refractivity contribution in [3.8, 4) is 11.5 Å². The highest BCUT2D eigenvalue weighted by Crippen LogP contribution is 2.20. The molecular formula is C20H18FN3O3. The molecule has 2 N–H and O–H groups in total. The van der Waals surface area contributed by atoms with Gasteiger partial charge in [0.2, 0.25) is 17.7 Å². The molecule has 0 atom stereocenters. The highest BCUT2D eigenvalue weighted by Gasteiger charge is 2.19. The summed E-state index contributed by atoms with van der Waals surface area (Å²) in [5.41, 5.74) is 6.95. The number of amides is 2. The van der Waals surface area contributed by atoms with Gasteiger partial charge in [-0.2, -0.15) is 0 Å². The molecule has 27 heavy (non-hydrogen) atoms. The van der Waals surface area contributed by atoms with E-state index >= 15 is 0 Å². The van der Waals surface area contributed by atoms with Gasteiger partial charge in [0.05, 0.1) is 12.1 Å². The number of carbonyl (C=O) groups is 2. The van der Waals surface area contributed by atoms with Crippen LogP contribution in [0.3, 0.4) is 0 Å². The van der Waals surface area contributed by atoms with Crippen molar-refractivity contribution in [2.24, 2.45) is 5.73 Å². The average Bonchev–Trinajstić information content (AvgIpc) is 3.12. The number of hydrogen-bond donors (Lipinski definition) is 1. The molecule has 6 nitrogen and oxygen atoms in total. The Kier molecular flexibility index (Phi) is 5.61. The molecule has 3 rings (SSSR count). The third kappa shape index (κ3) is 4.78. The molecule has 1 heterocycles. The van der Waals surface area contributed by atoms with Crippen molar-refractivity contribution in [2.45, 2.75) is 12.8 Å². The van der Waals surface area contributed by atoms with Crippen molar-refractivity contribution in [3.05, 3.63) is 72.4 Å². The van der Waals surface area contributed by atoms with E-state index < -0.39 is 11.7 Å². The lowest BCUT2D eigenvalue weighted by Gasteiger charge is -2.22. The second kappa shape index (κ2) is 8.27. The molecule has 0 spiro atoms. The number of aromatic nitrogens is 1. The lowest BCUT2D eigenvalue weighted by atomic mass is 10.2. The maximum atomic E-state index is 13.2. The molecule has 138 valence electrons. The van der Waals surface area contributed by atoms with E-state index in [0.29, 0.717) is 17.3 Å². The zero-order valence-electron chi connectivity index (χ0n) is 14.5. The van der Waals surface area contributed by atoms with Crippen LogP contribution in [0.2, 0.25) is 0 Å². The minimum atomic E-state index is -0.525. The fourth-order valence-electron chi connectivity index (χ4n) is 2.59. The van der Waals surface area contributed by atoms with Gasteiger partial charge in [-0.15, -0.1) is 0 Å². The van der Waals surface area contributed by atoms with E-state index in [4.69, 9.17) is 10.2 Å². The molecule has 1 aromatic heterocycles. The van der Waals surface area contributed by atoms with Crippen LogP contribution >= 0.6 is 0 Å². The first-order valence-electron chi connectivity index (χ1n) is 8.37. The molecule has 2 aromatic carbocycles. The summed E-state index contributed by atoms with van der Waals surface area (Å²) in [6.45, 7) is 0.100. The SMILES string of the molecule is NC(=O)CCN(C(=O)Cc1coc(-c2ccccc2)n1)c1ccc(F)cc1. The standard InChI is InChI=1S/C20H18FN3O3/c21-15-6-8-17(9-7-15)24(11-10-18(22)25)19(26)12-16-13-27-20(23-16)14-4-2-1-3-5-14/h1-9,13H,10-12H2,(H2,22,25). The first-order valence-corrected chi connectivity index (χ1v) is 8.37. The quantitative estimate of drug-likeness (QED) is 0.695. The first-order chi connectivity index (χ1) is 13.0. The van der Waals surface area contributed by atoms with Crippen LogP contribution in [0.15, 0.2) is 65.3 Å². The Morgan fingerprint density at radius 2 is 1.78 bits per heavy atom. The van der Waals surface area contributed by atoms with Gasteiger partial charge in [-0.05, 0) is 36.4 Å². The number of halogens is 1. The molecule has 0 aliphatic carbocycles. The van der Waals surface area contributed by atoms with Crippen molar-refractivity contribution in [1.29, 1.82) is 0 Å². The molecule has 2 amide bonds. The molecular weight excluding hydrogens is 349 g/mol. The Balaban J connectivity index is 1.77. The van der Waals surface area contributed by atoms with E-state index in [2.05, 4.69) is 4.98 Å². The van der Waals surface area contributed by atoms with Crippen LogP contribution in [0.5, 0.6) is 0 Å². The number of primary amides is 1. The second-order valence-electron chi connectivity index (χ2n) is 5.92. The van der Waals surface area contributed by atoms with Gasteiger partial charge in [-0.3, -0.25) is 9.59 Å². The number of nitrogens with zero attached hydrogens (tertiary/aromatic N) is 2. The number of oxazole rings is 1. The summed E-state index contributed by atoms with van der Waals surface area (Å²) in [5, 5.41) is 0. The summed E-state index contributed by atoms with van der Waals surface area (Å²) in [6, 6.07) is 14.8. The van der Waals surface area contributed by atoms with Gasteiger partial charge < -0.3 is 15.1 Å². The topological polar surface area (TPSA) is 89.4 Å². The van der Waals surface area contributed by atoms with E-state index in [-0.39, 0.29) is 25.3 Å².